The molecule has 4 heteroatoms. The Hall–Kier alpha value is -0.365. The zero-order valence-corrected chi connectivity index (χ0v) is 11.3. The maximum Gasteiger partial charge on any atom is 0.146 e. The Morgan fingerprint density at radius 2 is 1.81 bits per heavy atom. The normalized spacial score (nSPS) is 11.4. The molecule has 1 rings (SSSR count). The van der Waals surface area contributed by atoms with Gasteiger partial charge in [0.25, 0.3) is 0 Å². The fourth-order valence-electron chi connectivity index (χ4n) is 1.05. The highest BCUT2D eigenvalue weighted by atomic mass is 31.1. The van der Waals surface area contributed by atoms with E-state index in [0.717, 1.165) is 14.1 Å². The summed E-state index contributed by atoms with van der Waals surface area (Å²) in [5, 5.41) is 0. The monoisotopic (exact) mass is 238 g/mol. The molecule has 0 spiro atoms. The van der Waals surface area contributed by atoms with Crippen LogP contribution in [0.4, 0.5) is 0 Å². The fraction of sp³-hybridized carbons (Fsp3) is 0.500. The minimum atomic E-state index is -0.0728. The number of methoxy groups -OCH3 is 1. The summed E-state index contributed by atoms with van der Waals surface area (Å²) in [6, 6.07) is 9.87. The molecule has 16 heavy (non-hydrogen) atoms. The summed E-state index contributed by atoms with van der Waals surface area (Å²) in [5.41, 5.74) is 1.08. The van der Waals surface area contributed by atoms with Gasteiger partial charge in [0.2, 0.25) is 0 Å². The van der Waals surface area contributed by atoms with Crippen molar-refractivity contribution in [2.75, 3.05) is 33.8 Å². The topological polar surface area (TPSA) is 18.5 Å². The minimum absolute atomic E-state index is 0.0728. The smallest absolute Gasteiger partial charge is 0.146 e. The number of hydrogen-bond acceptors (Lipinski definition) is 2. The molecule has 0 fully saturated rings. The molecule has 0 saturated carbocycles. The zero-order chi connectivity index (χ0) is 12.2. The van der Waals surface area contributed by atoms with Crippen LogP contribution in [-0.4, -0.2) is 41.7 Å². The molecule has 0 aliphatic rings. The van der Waals surface area contributed by atoms with Crippen LogP contribution in [0.5, 0.6) is 0 Å². The molecule has 0 aliphatic heterocycles. The minimum Gasteiger partial charge on any atom is -0.359 e. The maximum absolute atomic E-state index is 5.86. The molecule has 0 amide bonds. The van der Waals surface area contributed by atoms with Crippen molar-refractivity contribution in [3.05, 3.63) is 35.9 Å². The van der Waals surface area contributed by atoms with Crippen molar-refractivity contribution in [3.63, 3.8) is 0 Å². The van der Waals surface area contributed by atoms with E-state index in [4.69, 9.17) is 17.3 Å². The van der Waals surface area contributed by atoms with Gasteiger partial charge in [0, 0.05) is 13.7 Å². The maximum atomic E-state index is 5.86. The van der Waals surface area contributed by atoms with Crippen molar-refractivity contribution in [1.29, 1.82) is 0 Å². The summed E-state index contributed by atoms with van der Waals surface area (Å²) in [4.78, 5) is 0. The molecule has 1 atom stereocenters. The van der Waals surface area contributed by atoms with Crippen molar-refractivity contribution in [2.24, 2.45) is 0 Å². The van der Waals surface area contributed by atoms with Crippen LogP contribution in [0.25, 0.3) is 0 Å². The number of hydrogen-bond donors (Lipinski definition) is 0. The van der Waals surface area contributed by atoms with Crippen LogP contribution in [0.15, 0.2) is 30.3 Å². The highest BCUT2D eigenvalue weighted by Gasteiger charge is 2.03. The third-order valence-electron chi connectivity index (χ3n) is 1.73. The molecule has 2 nitrogen and oxygen atoms in total. The number of rotatable bonds is 5. The Labute approximate surface area is 102 Å². The molecule has 0 N–H and O–H groups in total. The zero-order valence-electron chi connectivity index (χ0n) is 10.3. The summed E-state index contributed by atoms with van der Waals surface area (Å²) < 4.78 is 9.90. The first-order valence-corrected chi connectivity index (χ1v) is 7.22. The summed E-state index contributed by atoms with van der Waals surface area (Å²) in [6.45, 7) is 5.08. The van der Waals surface area contributed by atoms with Gasteiger partial charge in [0.15, 0.2) is 0 Å². The lowest BCUT2D eigenvalue weighted by molar-refractivity contribution is -0.0303. The van der Waals surface area contributed by atoms with Crippen LogP contribution in [-0.2, 0) is 9.47 Å². The largest absolute Gasteiger partial charge is 0.359 e. The average Bonchev–Trinajstić information content (AvgIpc) is 2.31. The lowest BCUT2D eigenvalue weighted by atomic mass is 9.82. The second kappa shape index (κ2) is 11.1. The van der Waals surface area contributed by atoms with Gasteiger partial charge in [-0.1, -0.05) is 35.9 Å². The molecule has 0 bridgehead atoms. The summed E-state index contributed by atoms with van der Waals surface area (Å²) in [7, 11) is 8.53. The van der Waals surface area contributed by atoms with Gasteiger partial charge in [-0.2, -0.15) is 0 Å². The van der Waals surface area contributed by atoms with Crippen LogP contribution in [0.1, 0.15) is 11.4 Å². The van der Waals surface area contributed by atoms with Crippen molar-refractivity contribution < 1.29 is 9.47 Å². The number of ether oxygens (including phenoxy) is 2. The first-order chi connectivity index (χ1) is 7.76. The quantitative estimate of drug-likeness (QED) is 0.339. The molecule has 2 radical (unpaired) electrons. The van der Waals surface area contributed by atoms with Crippen LogP contribution >= 0.6 is 8.58 Å². The summed E-state index contributed by atoms with van der Waals surface area (Å²) in [5.74, 6) is -0.0728. The third-order valence-corrected chi connectivity index (χ3v) is 1.73. The third kappa shape index (κ3) is 7.87. The van der Waals surface area contributed by atoms with E-state index in [1.54, 1.807) is 7.11 Å². The summed E-state index contributed by atoms with van der Waals surface area (Å²) in [6.07, 6.45) is 0. The Morgan fingerprint density at radius 1 is 1.25 bits per heavy atom. The van der Waals surface area contributed by atoms with Crippen molar-refractivity contribution in [2.45, 2.75) is 5.82 Å². The highest BCUT2D eigenvalue weighted by Crippen LogP contribution is 2.11. The molecule has 0 aliphatic carbocycles. The summed E-state index contributed by atoms with van der Waals surface area (Å²) >= 11 is 0. The van der Waals surface area contributed by atoms with Gasteiger partial charge in [-0.15, -0.1) is 8.58 Å². The molecule has 1 aromatic carbocycles. The van der Waals surface area contributed by atoms with Gasteiger partial charge in [-0.05, 0) is 19.1 Å². The Balaban J connectivity index is 0.000000673. The van der Waals surface area contributed by atoms with Crippen molar-refractivity contribution in [1.82, 2.24) is 0 Å². The highest BCUT2D eigenvalue weighted by molar-refractivity contribution is 7.35. The van der Waals surface area contributed by atoms with E-state index in [1.165, 1.54) is 0 Å². The van der Waals surface area contributed by atoms with E-state index in [9.17, 15) is 0 Å². The standard InChI is InChI=1S/C10H13BO2.C2H7P/c1-12-8-13-7-10(11)9-5-3-2-4-6-9;1-3-2/h2-6,10H,7-8H2,1H3;3H,1-2H3/t10-;/m0./s1. The Kier molecular flexibility index (Phi) is 10.9. The van der Waals surface area contributed by atoms with Gasteiger partial charge in [-0.25, -0.2) is 0 Å². The fourth-order valence-corrected chi connectivity index (χ4v) is 1.05. The average molecular weight is 238 g/mol. The van der Waals surface area contributed by atoms with Crippen LogP contribution < -0.4 is 0 Å². The molecule has 0 heterocycles. The first kappa shape index (κ1) is 15.6. The number of benzene rings is 1. The predicted octanol–water partition coefficient (Wildman–Crippen LogP) is 2.44. The molecule has 88 valence electrons. The predicted molar refractivity (Wildman–Crippen MR) is 72.9 cm³/mol. The molecule has 0 saturated heterocycles. The second-order valence-electron chi connectivity index (χ2n) is 3.29. The first-order valence-electron chi connectivity index (χ1n) is 5.22. The van der Waals surface area contributed by atoms with Crippen molar-refractivity contribution in [3.8, 4) is 0 Å². The van der Waals surface area contributed by atoms with Gasteiger partial charge < -0.3 is 9.47 Å². The van der Waals surface area contributed by atoms with Gasteiger partial charge in [0.1, 0.15) is 6.79 Å². The van der Waals surface area contributed by atoms with Gasteiger partial charge >= 0.3 is 0 Å². The molecular formula is C12H20BO2P. The SMILES string of the molecule is CPC.[B][C@@H](COCOC)c1ccccc1. The van der Waals surface area contributed by atoms with E-state index in [-0.39, 0.29) is 5.82 Å². The van der Waals surface area contributed by atoms with Crippen LogP contribution in [0.2, 0.25) is 0 Å². The molecular weight excluding hydrogens is 218 g/mol. The molecule has 0 unspecified atom stereocenters. The van der Waals surface area contributed by atoms with E-state index < -0.39 is 0 Å². The Bertz CT molecular complexity index is 244. The van der Waals surface area contributed by atoms with E-state index in [2.05, 4.69) is 13.3 Å². The lowest BCUT2D eigenvalue weighted by Gasteiger charge is -2.11. The van der Waals surface area contributed by atoms with Gasteiger partial charge in [0.05, 0.1) is 7.85 Å². The van der Waals surface area contributed by atoms with Crippen molar-refractivity contribution >= 4 is 16.4 Å². The van der Waals surface area contributed by atoms with E-state index in [0.29, 0.717) is 13.4 Å². The van der Waals surface area contributed by atoms with Crippen LogP contribution in [0.3, 0.4) is 0 Å². The molecule has 0 aromatic heterocycles. The van der Waals surface area contributed by atoms with E-state index in [1.807, 2.05) is 30.3 Å². The molecule has 1 aromatic rings. The van der Waals surface area contributed by atoms with Crippen LogP contribution in [0, 0.1) is 0 Å². The Morgan fingerprint density at radius 3 is 2.31 bits per heavy atom. The second-order valence-corrected chi connectivity index (χ2v) is 4.29. The lowest BCUT2D eigenvalue weighted by Crippen LogP contribution is -2.09. The van der Waals surface area contributed by atoms with E-state index >= 15 is 0 Å². The van der Waals surface area contributed by atoms with Gasteiger partial charge in [-0.3, -0.25) is 0 Å².